The van der Waals surface area contributed by atoms with Crippen LogP contribution >= 0.6 is 0 Å². The second kappa shape index (κ2) is 8.39. The molecule has 0 bridgehead atoms. The van der Waals surface area contributed by atoms with Crippen LogP contribution in [0.4, 0.5) is 5.69 Å². The van der Waals surface area contributed by atoms with Gasteiger partial charge in [0.05, 0.1) is 5.69 Å². The number of Topliss-reactive ketones (excluding diaryl/α,β-unsaturated/α-hetero) is 1. The highest BCUT2D eigenvalue weighted by molar-refractivity contribution is 6.04. The van der Waals surface area contributed by atoms with Crippen LogP contribution in [0.2, 0.25) is 0 Å². The number of hydrogen-bond acceptors (Lipinski definition) is 6. The number of hydrogen-bond donors (Lipinski definition) is 1. The molecule has 1 N–H and O–H groups in total. The number of benzene rings is 1. The molecule has 1 aromatic carbocycles. The predicted molar refractivity (Wildman–Crippen MR) is 97.0 cm³/mol. The lowest BCUT2D eigenvalue weighted by molar-refractivity contribution is -0.136. The first-order valence-electron chi connectivity index (χ1n) is 8.99. The van der Waals surface area contributed by atoms with Crippen molar-refractivity contribution in [2.24, 2.45) is 5.92 Å². The summed E-state index contributed by atoms with van der Waals surface area (Å²) in [5, 5.41) is 2.83. The van der Waals surface area contributed by atoms with E-state index in [2.05, 4.69) is 5.32 Å². The van der Waals surface area contributed by atoms with Crippen LogP contribution in [0, 0.1) is 5.92 Å². The molecular formula is C19H24N2O6. The van der Waals surface area contributed by atoms with Gasteiger partial charge in [-0.15, -0.1) is 0 Å². The van der Waals surface area contributed by atoms with Crippen LogP contribution < -0.4 is 14.8 Å². The zero-order valence-electron chi connectivity index (χ0n) is 15.6. The van der Waals surface area contributed by atoms with E-state index in [-0.39, 0.29) is 36.9 Å². The molecule has 0 aromatic heterocycles. The monoisotopic (exact) mass is 376 g/mol. The SMILES string of the molecule is COCC(=O)N1CCC(CC(=O)Nc2cc3c(cc2C(C)=O)OCO3)CC1. The van der Waals surface area contributed by atoms with E-state index < -0.39 is 0 Å². The van der Waals surface area contributed by atoms with Gasteiger partial charge in [0, 0.05) is 38.2 Å². The first-order chi connectivity index (χ1) is 13.0. The summed E-state index contributed by atoms with van der Waals surface area (Å²) in [6.45, 7) is 2.89. The van der Waals surface area contributed by atoms with E-state index in [4.69, 9.17) is 14.2 Å². The predicted octanol–water partition coefficient (Wildman–Crippen LogP) is 1.83. The van der Waals surface area contributed by atoms with Crippen LogP contribution in [-0.4, -0.2) is 56.1 Å². The van der Waals surface area contributed by atoms with Crippen LogP contribution in [0.3, 0.4) is 0 Å². The van der Waals surface area contributed by atoms with Gasteiger partial charge in [-0.05, 0) is 31.7 Å². The normalized spacial score (nSPS) is 16.3. The average Bonchev–Trinajstić information content (AvgIpc) is 3.09. The molecule has 1 aromatic rings. The Labute approximate surface area is 157 Å². The summed E-state index contributed by atoms with van der Waals surface area (Å²) in [7, 11) is 1.50. The fourth-order valence-corrected chi connectivity index (χ4v) is 3.40. The Bertz CT molecular complexity index is 740. The van der Waals surface area contributed by atoms with Gasteiger partial charge in [-0.3, -0.25) is 14.4 Å². The molecule has 8 heteroatoms. The number of ether oxygens (including phenoxy) is 3. The number of nitrogens with one attached hydrogen (secondary N) is 1. The van der Waals surface area contributed by atoms with E-state index in [1.165, 1.54) is 14.0 Å². The van der Waals surface area contributed by atoms with Gasteiger partial charge in [0.25, 0.3) is 0 Å². The first kappa shape index (κ1) is 19.2. The first-order valence-corrected chi connectivity index (χ1v) is 8.99. The number of nitrogens with zero attached hydrogens (tertiary/aromatic N) is 1. The summed E-state index contributed by atoms with van der Waals surface area (Å²) in [5.74, 6) is 0.886. The summed E-state index contributed by atoms with van der Waals surface area (Å²) in [6.07, 6.45) is 1.88. The van der Waals surface area contributed by atoms with Crippen LogP contribution in [0.25, 0.3) is 0 Å². The molecular weight excluding hydrogens is 352 g/mol. The quantitative estimate of drug-likeness (QED) is 0.762. The van der Waals surface area contributed by atoms with Crippen LogP contribution in [0.1, 0.15) is 36.5 Å². The number of carbonyl (C=O) groups excluding carboxylic acids is 3. The molecule has 0 aliphatic carbocycles. The number of likely N-dealkylation sites (tertiary alicyclic amines) is 1. The van der Waals surface area contributed by atoms with Crippen molar-refractivity contribution < 1.29 is 28.6 Å². The minimum absolute atomic E-state index is 0.0214. The highest BCUT2D eigenvalue weighted by Gasteiger charge is 2.25. The third-order valence-corrected chi connectivity index (χ3v) is 4.88. The van der Waals surface area contributed by atoms with Gasteiger partial charge in [0.2, 0.25) is 18.6 Å². The Kier molecular flexibility index (Phi) is 5.95. The molecule has 1 fully saturated rings. The van der Waals surface area contributed by atoms with Crippen LogP contribution in [0.5, 0.6) is 11.5 Å². The number of anilines is 1. The second-order valence-corrected chi connectivity index (χ2v) is 6.82. The number of amides is 2. The van der Waals surface area contributed by atoms with Crippen molar-refractivity contribution in [2.75, 3.05) is 38.9 Å². The van der Waals surface area contributed by atoms with Crippen molar-refractivity contribution in [1.82, 2.24) is 4.90 Å². The van der Waals surface area contributed by atoms with Gasteiger partial charge in [-0.1, -0.05) is 0 Å². The van der Waals surface area contributed by atoms with Gasteiger partial charge >= 0.3 is 0 Å². The maximum Gasteiger partial charge on any atom is 0.248 e. The molecule has 27 heavy (non-hydrogen) atoms. The lowest BCUT2D eigenvalue weighted by Gasteiger charge is -2.31. The number of fused-ring (bicyclic) bond motifs is 1. The van der Waals surface area contributed by atoms with Crippen LogP contribution in [0.15, 0.2) is 12.1 Å². The molecule has 0 radical (unpaired) electrons. The zero-order valence-corrected chi connectivity index (χ0v) is 15.6. The average molecular weight is 376 g/mol. The Balaban J connectivity index is 1.57. The molecule has 2 heterocycles. The van der Waals surface area contributed by atoms with E-state index in [0.717, 1.165) is 12.8 Å². The number of piperidine rings is 1. The summed E-state index contributed by atoms with van der Waals surface area (Å²) in [6, 6.07) is 3.23. The molecule has 2 amide bonds. The van der Waals surface area contributed by atoms with Gasteiger partial charge in [-0.2, -0.15) is 0 Å². The molecule has 2 aliphatic rings. The van der Waals surface area contributed by atoms with Crippen molar-refractivity contribution in [1.29, 1.82) is 0 Å². The third-order valence-electron chi connectivity index (χ3n) is 4.88. The fourth-order valence-electron chi connectivity index (χ4n) is 3.40. The van der Waals surface area contributed by atoms with Crippen molar-refractivity contribution >= 4 is 23.3 Å². The lowest BCUT2D eigenvalue weighted by Crippen LogP contribution is -2.40. The van der Waals surface area contributed by atoms with E-state index in [1.54, 1.807) is 17.0 Å². The van der Waals surface area contributed by atoms with Gasteiger partial charge in [-0.25, -0.2) is 0 Å². The number of ketones is 1. The minimum atomic E-state index is -0.159. The van der Waals surface area contributed by atoms with Crippen molar-refractivity contribution in [3.05, 3.63) is 17.7 Å². The number of rotatable bonds is 6. The van der Waals surface area contributed by atoms with E-state index in [0.29, 0.717) is 42.3 Å². The van der Waals surface area contributed by atoms with Crippen molar-refractivity contribution in [3.63, 3.8) is 0 Å². The van der Waals surface area contributed by atoms with E-state index in [9.17, 15) is 14.4 Å². The summed E-state index contributed by atoms with van der Waals surface area (Å²) in [4.78, 5) is 38.0. The van der Waals surface area contributed by atoms with Crippen LogP contribution in [-0.2, 0) is 14.3 Å². The highest BCUT2D eigenvalue weighted by Crippen LogP contribution is 2.37. The Morgan fingerprint density at radius 3 is 2.48 bits per heavy atom. The smallest absolute Gasteiger partial charge is 0.248 e. The van der Waals surface area contributed by atoms with Crippen molar-refractivity contribution in [3.8, 4) is 11.5 Å². The fraction of sp³-hybridized carbons (Fsp3) is 0.526. The Morgan fingerprint density at radius 2 is 1.85 bits per heavy atom. The minimum Gasteiger partial charge on any atom is -0.454 e. The maximum atomic E-state index is 12.5. The largest absolute Gasteiger partial charge is 0.454 e. The van der Waals surface area contributed by atoms with E-state index >= 15 is 0 Å². The van der Waals surface area contributed by atoms with Gasteiger partial charge in [0.15, 0.2) is 17.3 Å². The molecule has 0 saturated carbocycles. The molecule has 0 atom stereocenters. The Hall–Kier alpha value is -2.61. The molecule has 3 rings (SSSR count). The zero-order chi connectivity index (χ0) is 19.4. The van der Waals surface area contributed by atoms with Gasteiger partial charge < -0.3 is 24.4 Å². The third kappa shape index (κ3) is 4.57. The molecule has 0 unspecified atom stereocenters. The molecule has 8 nitrogen and oxygen atoms in total. The summed E-state index contributed by atoms with van der Waals surface area (Å²) >= 11 is 0. The summed E-state index contributed by atoms with van der Waals surface area (Å²) in [5.41, 5.74) is 0.831. The molecule has 1 saturated heterocycles. The topological polar surface area (TPSA) is 94.2 Å². The number of carbonyl (C=O) groups is 3. The second-order valence-electron chi connectivity index (χ2n) is 6.82. The lowest BCUT2D eigenvalue weighted by atomic mass is 9.93. The highest BCUT2D eigenvalue weighted by atomic mass is 16.7. The Morgan fingerprint density at radius 1 is 1.19 bits per heavy atom. The standard InChI is InChI=1S/C19H24N2O6/c1-12(22)14-8-16-17(27-11-26-16)9-15(14)20-18(23)7-13-3-5-21(6-4-13)19(24)10-25-2/h8-9,13H,3-7,10-11H2,1-2H3,(H,20,23). The van der Waals surface area contributed by atoms with E-state index in [1.807, 2.05) is 0 Å². The van der Waals surface area contributed by atoms with Crippen molar-refractivity contribution in [2.45, 2.75) is 26.2 Å². The maximum absolute atomic E-state index is 12.5. The summed E-state index contributed by atoms with van der Waals surface area (Å²) < 4.78 is 15.5. The van der Waals surface area contributed by atoms with Gasteiger partial charge in [0.1, 0.15) is 6.61 Å². The number of methoxy groups -OCH3 is 1. The molecule has 146 valence electrons. The molecule has 0 spiro atoms. The molecule has 2 aliphatic heterocycles.